The summed E-state index contributed by atoms with van der Waals surface area (Å²) in [6.45, 7) is 6.04. The number of ether oxygens (including phenoxy) is 1. The van der Waals surface area contributed by atoms with Crippen molar-refractivity contribution in [1.82, 2.24) is 4.90 Å². The Morgan fingerprint density at radius 1 is 1.16 bits per heavy atom. The molecule has 0 aliphatic carbocycles. The number of hydrogen-bond acceptors (Lipinski definition) is 3. The lowest BCUT2D eigenvalue weighted by molar-refractivity contribution is 0.0218. The molecule has 1 fully saturated rings. The summed E-state index contributed by atoms with van der Waals surface area (Å²) >= 11 is 0. The summed E-state index contributed by atoms with van der Waals surface area (Å²) < 4.78 is 5.64. The Balaban J connectivity index is 2.11. The summed E-state index contributed by atoms with van der Waals surface area (Å²) in [6.07, 6.45) is 2.85. The van der Waals surface area contributed by atoms with E-state index in [1.165, 1.54) is 0 Å². The highest BCUT2D eigenvalue weighted by molar-refractivity contribution is 5.31. The molecule has 106 valence electrons. The number of benzene rings is 1. The Labute approximate surface area is 116 Å². The number of nitrogens with zero attached hydrogens (tertiary/aromatic N) is 1. The second-order valence-electron chi connectivity index (χ2n) is 5.88. The van der Waals surface area contributed by atoms with Crippen LogP contribution in [0.2, 0.25) is 0 Å². The smallest absolute Gasteiger partial charge is 0.119 e. The van der Waals surface area contributed by atoms with E-state index in [1.54, 1.807) is 0 Å². The van der Waals surface area contributed by atoms with E-state index in [4.69, 9.17) is 4.74 Å². The van der Waals surface area contributed by atoms with Crippen LogP contribution >= 0.6 is 0 Å². The maximum atomic E-state index is 10.8. The molecule has 1 aliphatic heterocycles. The molecule has 0 radical (unpaired) electrons. The van der Waals surface area contributed by atoms with Crippen molar-refractivity contribution in [2.24, 2.45) is 0 Å². The zero-order valence-electron chi connectivity index (χ0n) is 12.2. The van der Waals surface area contributed by atoms with Crippen LogP contribution in [0.5, 0.6) is 5.75 Å². The molecule has 1 heterocycles. The standard InChI is InChI=1S/C16H25NO2/c1-13(2)19-15-7-5-14(6-8-15)16(18)9-4-11-17(3)12-10-16/h5-8,13,18H,4,9-12H2,1-3H3. The molecule has 0 spiro atoms. The van der Waals surface area contributed by atoms with E-state index in [0.29, 0.717) is 0 Å². The molecule has 0 amide bonds. The fraction of sp³-hybridized carbons (Fsp3) is 0.625. The molecule has 1 N–H and O–H groups in total. The molecule has 0 aromatic heterocycles. The van der Waals surface area contributed by atoms with Crippen molar-refractivity contribution in [3.05, 3.63) is 29.8 Å². The molecule has 1 aliphatic rings. The van der Waals surface area contributed by atoms with E-state index in [1.807, 2.05) is 38.1 Å². The van der Waals surface area contributed by atoms with Crippen LogP contribution < -0.4 is 4.74 Å². The zero-order chi connectivity index (χ0) is 13.9. The monoisotopic (exact) mass is 263 g/mol. The molecule has 0 saturated carbocycles. The highest BCUT2D eigenvalue weighted by Crippen LogP contribution is 2.33. The van der Waals surface area contributed by atoms with E-state index >= 15 is 0 Å². The van der Waals surface area contributed by atoms with Gasteiger partial charge in [-0.25, -0.2) is 0 Å². The van der Waals surface area contributed by atoms with E-state index in [9.17, 15) is 5.11 Å². The third kappa shape index (κ3) is 3.71. The van der Waals surface area contributed by atoms with Crippen LogP contribution in [-0.4, -0.2) is 36.2 Å². The van der Waals surface area contributed by atoms with Crippen LogP contribution in [0.15, 0.2) is 24.3 Å². The van der Waals surface area contributed by atoms with Crippen molar-refractivity contribution < 1.29 is 9.84 Å². The zero-order valence-corrected chi connectivity index (χ0v) is 12.2. The van der Waals surface area contributed by atoms with Gasteiger partial charge in [-0.15, -0.1) is 0 Å². The summed E-state index contributed by atoms with van der Waals surface area (Å²) in [6, 6.07) is 7.93. The first-order chi connectivity index (χ1) is 8.99. The second-order valence-corrected chi connectivity index (χ2v) is 5.88. The van der Waals surface area contributed by atoms with Gasteiger partial charge in [-0.3, -0.25) is 0 Å². The summed E-state index contributed by atoms with van der Waals surface area (Å²) in [5.74, 6) is 0.869. The van der Waals surface area contributed by atoms with Gasteiger partial charge in [-0.05, 0) is 64.4 Å². The third-order valence-corrected chi connectivity index (χ3v) is 3.80. The first-order valence-electron chi connectivity index (χ1n) is 7.18. The van der Waals surface area contributed by atoms with Crippen molar-refractivity contribution in [2.45, 2.75) is 44.8 Å². The van der Waals surface area contributed by atoms with Crippen molar-refractivity contribution in [3.63, 3.8) is 0 Å². The highest BCUT2D eigenvalue weighted by Gasteiger charge is 2.31. The Kier molecular flexibility index (Phi) is 4.48. The predicted octanol–water partition coefficient (Wildman–Crippen LogP) is 2.78. The Morgan fingerprint density at radius 3 is 2.47 bits per heavy atom. The van der Waals surface area contributed by atoms with Crippen LogP contribution in [0.3, 0.4) is 0 Å². The molecule has 1 unspecified atom stereocenters. The average molecular weight is 263 g/mol. The van der Waals surface area contributed by atoms with E-state index in [-0.39, 0.29) is 6.10 Å². The minimum absolute atomic E-state index is 0.181. The minimum Gasteiger partial charge on any atom is -0.491 e. The van der Waals surface area contributed by atoms with Crippen LogP contribution in [0.1, 0.15) is 38.7 Å². The molecule has 1 saturated heterocycles. The SMILES string of the molecule is CC(C)Oc1ccc(C2(O)CCCN(C)CC2)cc1. The van der Waals surface area contributed by atoms with Gasteiger partial charge in [0.15, 0.2) is 0 Å². The maximum Gasteiger partial charge on any atom is 0.119 e. The van der Waals surface area contributed by atoms with Gasteiger partial charge < -0.3 is 14.7 Å². The number of likely N-dealkylation sites (tertiary alicyclic amines) is 1. The van der Waals surface area contributed by atoms with Crippen molar-refractivity contribution in [2.75, 3.05) is 20.1 Å². The average Bonchev–Trinajstić information content (AvgIpc) is 2.53. The number of hydrogen-bond donors (Lipinski definition) is 1. The van der Waals surface area contributed by atoms with Crippen LogP contribution in [-0.2, 0) is 5.60 Å². The fourth-order valence-corrected chi connectivity index (χ4v) is 2.66. The van der Waals surface area contributed by atoms with E-state index < -0.39 is 5.60 Å². The van der Waals surface area contributed by atoms with Crippen LogP contribution in [0.4, 0.5) is 0 Å². The van der Waals surface area contributed by atoms with Gasteiger partial charge in [-0.2, -0.15) is 0 Å². The molecule has 1 aromatic carbocycles. The topological polar surface area (TPSA) is 32.7 Å². The largest absolute Gasteiger partial charge is 0.491 e. The van der Waals surface area contributed by atoms with Crippen molar-refractivity contribution in [1.29, 1.82) is 0 Å². The molecule has 2 rings (SSSR count). The fourth-order valence-electron chi connectivity index (χ4n) is 2.66. The van der Waals surface area contributed by atoms with Gasteiger partial charge in [0, 0.05) is 6.54 Å². The molecule has 1 atom stereocenters. The van der Waals surface area contributed by atoms with Crippen LogP contribution in [0.25, 0.3) is 0 Å². The summed E-state index contributed by atoms with van der Waals surface area (Å²) in [5.41, 5.74) is 0.333. The van der Waals surface area contributed by atoms with Gasteiger partial charge in [0.05, 0.1) is 11.7 Å². The third-order valence-electron chi connectivity index (χ3n) is 3.80. The predicted molar refractivity (Wildman–Crippen MR) is 77.5 cm³/mol. The van der Waals surface area contributed by atoms with Gasteiger partial charge in [0.25, 0.3) is 0 Å². The lowest BCUT2D eigenvalue weighted by Gasteiger charge is -2.27. The molecular weight excluding hydrogens is 238 g/mol. The molecule has 0 bridgehead atoms. The van der Waals surface area contributed by atoms with Crippen molar-refractivity contribution in [3.8, 4) is 5.75 Å². The first kappa shape index (κ1) is 14.4. The van der Waals surface area contributed by atoms with Gasteiger partial charge >= 0.3 is 0 Å². The van der Waals surface area contributed by atoms with Gasteiger partial charge in [0.2, 0.25) is 0 Å². The second kappa shape index (κ2) is 5.93. The lowest BCUT2D eigenvalue weighted by Crippen LogP contribution is -2.27. The summed E-state index contributed by atoms with van der Waals surface area (Å²) in [4.78, 5) is 2.29. The van der Waals surface area contributed by atoms with Crippen molar-refractivity contribution >= 4 is 0 Å². The quantitative estimate of drug-likeness (QED) is 0.910. The van der Waals surface area contributed by atoms with E-state index in [2.05, 4.69) is 11.9 Å². The molecule has 3 heteroatoms. The number of aliphatic hydroxyl groups is 1. The minimum atomic E-state index is -0.679. The maximum absolute atomic E-state index is 10.8. The Morgan fingerprint density at radius 2 is 1.84 bits per heavy atom. The van der Waals surface area contributed by atoms with Crippen LogP contribution in [0, 0.1) is 0 Å². The number of rotatable bonds is 3. The highest BCUT2D eigenvalue weighted by atomic mass is 16.5. The summed E-state index contributed by atoms with van der Waals surface area (Å²) in [5, 5.41) is 10.8. The molecule has 3 nitrogen and oxygen atoms in total. The first-order valence-corrected chi connectivity index (χ1v) is 7.18. The molecule has 1 aromatic rings. The Bertz CT molecular complexity index is 402. The summed E-state index contributed by atoms with van der Waals surface area (Å²) in [7, 11) is 2.12. The van der Waals surface area contributed by atoms with Gasteiger partial charge in [-0.1, -0.05) is 12.1 Å². The molecule has 19 heavy (non-hydrogen) atoms. The molecular formula is C16H25NO2. The normalized spacial score (nSPS) is 25.3. The van der Waals surface area contributed by atoms with E-state index in [0.717, 1.165) is 43.7 Å². The Hall–Kier alpha value is -1.06. The lowest BCUT2D eigenvalue weighted by atomic mass is 9.87. The van der Waals surface area contributed by atoms with Gasteiger partial charge in [0.1, 0.15) is 5.75 Å².